The second-order valence-corrected chi connectivity index (χ2v) is 10.4. The van der Waals surface area contributed by atoms with Crippen LogP contribution in [0.25, 0.3) is 0 Å². The summed E-state index contributed by atoms with van der Waals surface area (Å²) in [5, 5.41) is 6.00. The summed E-state index contributed by atoms with van der Waals surface area (Å²) in [7, 11) is 0. The van der Waals surface area contributed by atoms with E-state index >= 15 is 0 Å². The lowest BCUT2D eigenvalue weighted by atomic mass is 9.67. The Morgan fingerprint density at radius 2 is 1.03 bits per heavy atom. The van der Waals surface area contributed by atoms with Crippen LogP contribution < -0.4 is 10.6 Å². The van der Waals surface area contributed by atoms with E-state index in [4.69, 9.17) is 0 Å². The minimum absolute atomic E-state index is 0.0310. The summed E-state index contributed by atoms with van der Waals surface area (Å²) in [4.78, 5) is 50.4. The van der Waals surface area contributed by atoms with Crippen LogP contribution >= 0.6 is 0 Å². The third-order valence-electron chi connectivity index (χ3n) is 8.24. The van der Waals surface area contributed by atoms with Crippen LogP contribution in [0.1, 0.15) is 64.2 Å². The lowest BCUT2D eigenvalue weighted by Gasteiger charge is -2.37. The van der Waals surface area contributed by atoms with Crippen molar-refractivity contribution < 1.29 is 19.2 Å². The van der Waals surface area contributed by atoms with Crippen LogP contribution in [0.2, 0.25) is 0 Å². The van der Waals surface area contributed by atoms with Crippen molar-refractivity contribution in [1.82, 2.24) is 0 Å². The van der Waals surface area contributed by atoms with Crippen LogP contribution in [-0.4, -0.2) is 23.4 Å². The van der Waals surface area contributed by atoms with Crippen molar-refractivity contribution >= 4 is 34.8 Å². The van der Waals surface area contributed by atoms with Gasteiger partial charge in [-0.25, -0.2) is 0 Å². The Balaban J connectivity index is 1.19. The van der Waals surface area contributed by atoms with E-state index in [1.165, 1.54) is 0 Å². The Kier molecular flexibility index (Phi) is 5.87. The number of anilines is 2. The van der Waals surface area contributed by atoms with Crippen LogP contribution in [-0.2, 0) is 19.2 Å². The van der Waals surface area contributed by atoms with E-state index < -0.39 is 0 Å². The van der Waals surface area contributed by atoms with E-state index in [0.29, 0.717) is 48.6 Å². The first kappa shape index (κ1) is 21.4. The number of carbonyl (C=O) groups excluding carboxylic acids is 4. The SMILES string of the molecule is O=C(Nc1cccc(NC(=O)C2C[C@H]3CCC[C@@H](C2)C3=O)c1)C1C[C@H]2CCC[C@@H](C1)C2=O. The van der Waals surface area contributed by atoms with Gasteiger partial charge in [0.1, 0.15) is 11.6 Å². The topological polar surface area (TPSA) is 92.3 Å². The normalized spacial score (nSPS) is 34.0. The van der Waals surface area contributed by atoms with Gasteiger partial charge >= 0.3 is 0 Å². The molecule has 0 aliphatic heterocycles. The molecule has 0 heterocycles. The third kappa shape index (κ3) is 4.24. The van der Waals surface area contributed by atoms with Gasteiger partial charge in [0, 0.05) is 46.9 Å². The Labute approximate surface area is 188 Å². The molecule has 2 amide bonds. The molecule has 0 aromatic heterocycles. The minimum Gasteiger partial charge on any atom is -0.326 e. The van der Waals surface area contributed by atoms with Crippen molar-refractivity contribution in [3.8, 4) is 0 Å². The van der Waals surface area contributed by atoms with Crippen molar-refractivity contribution in [2.75, 3.05) is 10.6 Å². The van der Waals surface area contributed by atoms with Crippen molar-refractivity contribution in [2.24, 2.45) is 35.5 Å². The molecule has 2 unspecified atom stereocenters. The Hall–Kier alpha value is -2.50. The molecule has 32 heavy (non-hydrogen) atoms. The summed E-state index contributed by atoms with van der Waals surface area (Å²) in [6, 6.07) is 7.26. The Morgan fingerprint density at radius 3 is 1.41 bits per heavy atom. The summed E-state index contributed by atoms with van der Waals surface area (Å²) in [6.07, 6.45) is 8.44. The highest BCUT2D eigenvalue weighted by Gasteiger charge is 2.42. The van der Waals surface area contributed by atoms with E-state index in [9.17, 15) is 19.2 Å². The van der Waals surface area contributed by atoms with Gasteiger partial charge in [-0.15, -0.1) is 0 Å². The summed E-state index contributed by atoms with van der Waals surface area (Å²) < 4.78 is 0. The number of fused-ring (bicyclic) bond motifs is 4. The highest BCUT2D eigenvalue weighted by molar-refractivity contribution is 5.98. The van der Waals surface area contributed by atoms with E-state index in [-0.39, 0.29) is 47.3 Å². The molecule has 4 saturated carbocycles. The Morgan fingerprint density at radius 1 is 0.656 bits per heavy atom. The highest BCUT2D eigenvalue weighted by atomic mass is 16.2. The van der Waals surface area contributed by atoms with Crippen LogP contribution in [0.15, 0.2) is 24.3 Å². The second kappa shape index (κ2) is 8.80. The molecular formula is C26H32N2O4. The lowest BCUT2D eigenvalue weighted by molar-refractivity contribution is -0.137. The fourth-order valence-electron chi connectivity index (χ4n) is 6.55. The molecule has 0 radical (unpaired) electrons. The number of benzene rings is 1. The van der Waals surface area contributed by atoms with Gasteiger partial charge < -0.3 is 10.6 Å². The van der Waals surface area contributed by atoms with Crippen molar-refractivity contribution in [3.05, 3.63) is 24.3 Å². The predicted molar refractivity (Wildman–Crippen MR) is 121 cm³/mol. The van der Waals surface area contributed by atoms with Gasteiger partial charge in [-0.1, -0.05) is 18.9 Å². The number of hydrogen-bond donors (Lipinski definition) is 2. The zero-order chi connectivity index (χ0) is 22.2. The van der Waals surface area contributed by atoms with Gasteiger partial charge in [0.05, 0.1) is 0 Å². The molecule has 5 rings (SSSR count). The molecule has 6 atom stereocenters. The quantitative estimate of drug-likeness (QED) is 0.734. The standard InChI is InChI=1S/C26H32N2O4/c29-23-15-4-1-5-16(23)11-19(10-15)25(31)27-21-8-3-9-22(14-21)28-26(32)20-12-17-6-2-7-18(13-20)24(17)30/h3,8-9,14-20H,1-2,4-7,10-13H2,(H,27,31)(H,28,32)/t15-,16+,17-,18+,19?,20?. The minimum atomic E-state index is -0.125. The van der Waals surface area contributed by atoms with Crippen LogP contribution in [0, 0.1) is 35.5 Å². The summed E-state index contributed by atoms with van der Waals surface area (Å²) in [5.41, 5.74) is 1.32. The molecule has 0 spiro atoms. The number of hydrogen-bond acceptors (Lipinski definition) is 4. The lowest BCUT2D eigenvalue weighted by Crippen LogP contribution is -2.40. The highest BCUT2D eigenvalue weighted by Crippen LogP contribution is 2.41. The molecule has 1 aromatic rings. The van der Waals surface area contributed by atoms with Gasteiger partial charge in [-0.3, -0.25) is 19.2 Å². The molecule has 6 nitrogen and oxygen atoms in total. The zero-order valence-corrected chi connectivity index (χ0v) is 18.5. The molecule has 170 valence electrons. The molecule has 6 heteroatoms. The molecule has 4 bridgehead atoms. The van der Waals surface area contributed by atoms with Crippen molar-refractivity contribution in [2.45, 2.75) is 64.2 Å². The number of amides is 2. The smallest absolute Gasteiger partial charge is 0.227 e. The van der Waals surface area contributed by atoms with E-state index in [2.05, 4.69) is 10.6 Å². The van der Waals surface area contributed by atoms with Crippen molar-refractivity contribution in [1.29, 1.82) is 0 Å². The zero-order valence-electron chi connectivity index (χ0n) is 18.5. The first-order chi connectivity index (χ1) is 15.5. The number of rotatable bonds is 4. The first-order valence-corrected chi connectivity index (χ1v) is 12.3. The van der Waals surface area contributed by atoms with Crippen LogP contribution in [0.3, 0.4) is 0 Å². The second-order valence-electron chi connectivity index (χ2n) is 10.4. The first-order valence-electron chi connectivity index (χ1n) is 12.3. The summed E-state index contributed by atoms with van der Waals surface area (Å²) in [5.74, 6) is 0.596. The molecule has 2 N–H and O–H groups in total. The van der Waals surface area contributed by atoms with Gasteiger partial charge in [-0.2, -0.15) is 0 Å². The summed E-state index contributed by atoms with van der Waals surface area (Å²) in [6.45, 7) is 0. The van der Waals surface area contributed by atoms with Crippen molar-refractivity contribution in [3.63, 3.8) is 0 Å². The molecule has 1 aromatic carbocycles. The maximum absolute atomic E-state index is 12.9. The molecule has 4 fully saturated rings. The Bertz CT molecular complexity index is 838. The number of Topliss-reactive ketones (excluding diaryl/α,β-unsaturated/α-hetero) is 2. The van der Waals surface area contributed by atoms with E-state index in [1.54, 1.807) is 6.07 Å². The molecular weight excluding hydrogens is 404 g/mol. The number of carbonyl (C=O) groups is 4. The summed E-state index contributed by atoms with van der Waals surface area (Å²) >= 11 is 0. The maximum atomic E-state index is 12.9. The van der Waals surface area contributed by atoms with Crippen LogP contribution in [0.4, 0.5) is 11.4 Å². The fourth-order valence-corrected chi connectivity index (χ4v) is 6.55. The molecule has 0 saturated heterocycles. The van der Waals surface area contributed by atoms with Gasteiger partial charge in [0.25, 0.3) is 0 Å². The largest absolute Gasteiger partial charge is 0.326 e. The van der Waals surface area contributed by atoms with E-state index in [0.717, 1.165) is 38.5 Å². The fraction of sp³-hybridized carbons (Fsp3) is 0.615. The number of ketones is 2. The maximum Gasteiger partial charge on any atom is 0.227 e. The predicted octanol–water partition coefficient (Wildman–Crippen LogP) is 4.35. The molecule has 4 aliphatic carbocycles. The monoisotopic (exact) mass is 436 g/mol. The molecule has 4 aliphatic rings. The third-order valence-corrected chi connectivity index (χ3v) is 8.24. The average Bonchev–Trinajstić information content (AvgIpc) is 2.73. The average molecular weight is 437 g/mol. The van der Waals surface area contributed by atoms with E-state index in [1.807, 2.05) is 18.2 Å². The number of nitrogens with one attached hydrogen (secondary N) is 2. The van der Waals surface area contributed by atoms with Gasteiger partial charge in [0.2, 0.25) is 11.8 Å². The van der Waals surface area contributed by atoms with Gasteiger partial charge in [-0.05, 0) is 69.6 Å². The van der Waals surface area contributed by atoms with Gasteiger partial charge in [0.15, 0.2) is 0 Å². The van der Waals surface area contributed by atoms with Crippen LogP contribution in [0.5, 0.6) is 0 Å².